The zero-order valence-electron chi connectivity index (χ0n) is 18.1. The minimum atomic E-state index is -2.96. The molecule has 4 rings (SSSR count). The van der Waals surface area contributed by atoms with Gasteiger partial charge in [-0.2, -0.15) is 0 Å². The maximum atomic E-state index is 13.2. The van der Waals surface area contributed by atoms with Crippen LogP contribution in [-0.2, 0) is 4.79 Å². The number of anilines is 3. The molecular formula is C23H22F2N6O2. The van der Waals surface area contributed by atoms with Crippen molar-refractivity contribution in [2.24, 2.45) is 5.92 Å². The van der Waals surface area contributed by atoms with Gasteiger partial charge < -0.3 is 10.6 Å². The van der Waals surface area contributed by atoms with Crippen LogP contribution in [0, 0.1) is 12.8 Å². The molecule has 1 fully saturated rings. The van der Waals surface area contributed by atoms with Crippen LogP contribution in [0.1, 0.15) is 42.2 Å². The number of halogens is 2. The predicted molar refractivity (Wildman–Crippen MR) is 118 cm³/mol. The van der Waals surface area contributed by atoms with Crippen molar-refractivity contribution in [2.45, 2.75) is 39.0 Å². The summed E-state index contributed by atoms with van der Waals surface area (Å²) < 4.78 is 26.3. The number of rotatable bonds is 8. The van der Waals surface area contributed by atoms with E-state index in [1.807, 2.05) is 13.8 Å². The lowest BCUT2D eigenvalue weighted by molar-refractivity contribution is -0.119. The number of carbonyl (C=O) groups is 2. The molecule has 1 aliphatic rings. The van der Waals surface area contributed by atoms with Crippen LogP contribution in [0.2, 0.25) is 0 Å². The van der Waals surface area contributed by atoms with E-state index in [4.69, 9.17) is 0 Å². The summed E-state index contributed by atoms with van der Waals surface area (Å²) in [6, 6.07) is 6.73. The van der Waals surface area contributed by atoms with Crippen LogP contribution in [0.15, 0.2) is 43.0 Å². The van der Waals surface area contributed by atoms with Crippen molar-refractivity contribution in [1.29, 1.82) is 0 Å². The third-order valence-electron chi connectivity index (χ3n) is 5.27. The van der Waals surface area contributed by atoms with E-state index in [0.29, 0.717) is 34.9 Å². The number of carbonyl (C=O) groups excluding carboxylic acids is 2. The number of aryl methyl sites for hydroxylation is 1. The van der Waals surface area contributed by atoms with Crippen LogP contribution >= 0.6 is 0 Å². The van der Waals surface area contributed by atoms with E-state index in [-0.39, 0.29) is 11.6 Å². The number of ketones is 1. The van der Waals surface area contributed by atoms with E-state index < -0.39 is 24.2 Å². The van der Waals surface area contributed by atoms with Gasteiger partial charge in [0.05, 0.1) is 17.6 Å². The number of amides is 1. The van der Waals surface area contributed by atoms with Crippen molar-refractivity contribution in [3.8, 4) is 11.3 Å². The molecule has 0 radical (unpaired) electrons. The molecule has 3 aromatic heterocycles. The van der Waals surface area contributed by atoms with E-state index in [1.54, 1.807) is 30.6 Å². The van der Waals surface area contributed by atoms with E-state index in [9.17, 15) is 18.4 Å². The molecule has 0 saturated heterocycles. The first-order valence-corrected chi connectivity index (χ1v) is 10.5. The largest absolute Gasteiger partial charge is 0.338 e. The van der Waals surface area contributed by atoms with Gasteiger partial charge in [0.25, 0.3) is 5.92 Å². The summed E-state index contributed by atoms with van der Waals surface area (Å²) in [6.07, 6.45) is 5.16. The Bertz CT molecular complexity index is 1220. The van der Waals surface area contributed by atoms with Crippen molar-refractivity contribution >= 4 is 29.0 Å². The average Bonchev–Trinajstić information content (AvgIpc) is 3.44. The van der Waals surface area contributed by atoms with Crippen molar-refractivity contribution in [2.75, 3.05) is 10.6 Å². The Morgan fingerprint density at radius 3 is 2.67 bits per heavy atom. The van der Waals surface area contributed by atoms with Crippen molar-refractivity contribution in [3.63, 3.8) is 0 Å². The van der Waals surface area contributed by atoms with Crippen LogP contribution < -0.4 is 10.6 Å². The second kappa shape index (κ2) is 8.97. The number of hydrogen-bond acceptors (Lipinski definition) is 7. The van der Waals surface area contributed by atoms with E-state index in [0.717, 1.165) is 12.0 Å². The number of pyridine rings is 2. The Labute approximate surface area is 188 Å². The van der Waals surface area contributed by atoms with Gasteiger partial charge in [-0.15, -0.1) is 0 Å². The van der Waals surface area contributed by atoms with Crippen molar-refractivity contribution in [1.82, 2.24) is 19.9 Å². The van der Waals surface area contributed by atoms with Gasteiger partial charge in [-0.1, -0.05) is 6.92 Å². The highest BCUT2D eigenvalue weighted by molar-refractivity contribution is 5.95. The maximum absolute atomic E-state index is 13.2. The molecule has 170 valence electrons. The van der Waals surface area contributed by atoms with Crippen LogP contribution in [0.25, 0.3) is 11.3 Å². The zero-order valence-corrected chi connectivity index (χ0v) is 18.1. The third kappa shape index (κ3) is 5.00. The quantitative estimate of drug-likeness (QED) is 0.482. The SMILES string of the molecule is CCCC(=O)c1cc(C)c(Nc2ncccc2-c2cc(NC(=O)[C@H]3CC3(F)F)ncn2)cn1. The fraction of sp³-hybridized carbons (Fsp3) is 0.304. The molecule has 1 atom stereocenters. The standard InChI is InChI=1S/C23H22F2N6O2/c1-3-5-19(32)17-8-13(2)18(11-27-17)30-21-14(6-4-7-26-21)16-9-20(29-12-28-16)31-22(33)15-10-23(15,24)25/h4,6-9,11-12,15H,3,5,10H2,1-2H3,(H,26,30)(H,28,29,31,33)/t15-/m1/s1. The molecule has 33 heavy (non-hydrogen) atoms. The van der Waals surface area contributed by atoms with E-state index >= 15 is 0 Å². The Kier molecular flexibility index (Phi) is 6.08. The van der Waals surface area contributed by atoms with Crippen LogP contribution in [0.3, 0.4) is 0 Å². The summed E-state index contributed by atoms with van der Waals surface area (Å²) in [5.41, 5.74) is 2.96. The van der Waals surface area contributed by atoms with E-state index in [1.165, 1.54) is 12.4 Å². The Morgan fingerprint density at radius 1 is 1.18 bits per heavy atom. The predicted octanol–water partition coefficient (Wildman–Crippen LogP) is 4.56. The summed E-state index contributed by atoms with van der Waals surface area (Å²) in [5.74, 6) is -4.46. The number of alkyl halides is 2. The highest BCUT2D eigenvalue weighted by atomic mass is 19.3. The van der Waals surface area contributed by atoms with Crippen molar-refractivity contribution < 1.29 is 18.4 Å². The molecule has 10 heteroatoms. The molecule has 1 aliphatic carbocycles. The lowest BCUT2D eigenvalue weighted by atomic mass is 10.1. The third-order valence-corrected chi connectivity index (χ3v) is 5.27. The molecule has 8 nitrogen and oxygen atoms in total. The molecule has 1 saturated carbocycles. The lowest BCUT2D eigenvalue weighted by Gasteiger charge is -2.13. The number of nitrogens with zero attached hydrogens (tertiary/aromatic N) is 4. The topological polar surface area (TPSA) is 110 Å². The van der Waals surface area contributed by atoms with Crippen LogP contribution in [-0.4, -0.2) is 37.5 Å². The van der Waals surface area contributed by atoms with Gasteiger partial charge in [0.1, 0.15) is 29.6 Å². The molecule has 0 aromatic carbocycles. The highest BCUT2D eigenvalue weighted by Crippen LogP contribution is 2.49. The van der Waals surface area contributed by atoms with Gasteiger partial charge in [0.2, 0.25) is 5.91 Å². The Balaban J connectivity index is 1.56. The molecule has 3 aromatic rings. The van der Waals surface area contributed by atoms with Crippen molar-refractivity contribution in [3.05, 3.63) is 54.2 Å². The summed E-state index contributed by atoms with van der Waals surface area (Å²) in [4.78, 5) is 40.9. The van der Waals surface area contributed by atoms with Gasteiger partial charge in [-0.25, -0.2) is 23.7 Å². The number of hydrogen-bond donors (Lipinski definition) is 2. The molecule has 0 bridgehead atoms. The zero-order chi connectivity index (χ0) is 23.6. The first-order chi connectivity index (χ1) is 15.8. The normalized spacial score (nSPS) is 16.2. The minimum absolute atomic E-state index is 0.00908. The fourth-order valence-electron chi connectivity index (χ4n) is 3.32. The van der Waals surface area contributed by atoms with Crippen LogP contribution in [0.4, 0.5) is 26.1 Å². The Hall–Kier alpha value is -3.82. The van der Waals surface area contributed by atoms with Gasteiger partial charge in [0, 0.05) is 30.7 Å². The summed E-state index contributed by atoms with van der Waals surface area (Å²) in [7, 11) is 0. The molecule has 0 unspecified atom stereocenters. The Morgan fingerprint density at radius 2 is 1.97 bits per heavy atom. The molecule has 3 heterocycles. The van der Waals surface area contributed by atoms with Gasteiger partial charge in [-0.05, 0) is 37.1 Å². The monoisotopic (exact) mass is 452 g/mol. The molecule has 1 amide bonds. The second-order valence-electron chi connectivity index (χ2n) is 7.88. The summed E-state index contributed by atoms with van der Waals surface area (Å²) in [5, 5.41) is 5.63. The van der Waals surface area contributed by atoms with Gasteiger partial charge in [-0.3, -0.25) is 14.6 Å². The lowest BCUT2D eigenvalue weighted by Crippen LogP contribution is -2.18. The average molecular weight is 452 g/mol. The number of Topliss-reactive ketones (excluding diaryl/α,β-unsaturated/α-hetero) is 1. The minimum Gasteiger partial charge on any atom is -0.338 e. The maximum Gasteiger partial charge on any atom is 0.260 e. The first kappa shape index (κ1) is 22.4. The number of nitrogens with one attached hydrogen (secondary N) is 2. The molecule has 0 aliphatic heterocycles. The smallest absolute Gasteiger partial charge is 0.260 e. The number of aromatic nitrogens is 4. The summed E-state index contributed by atoms with van der Waals surface area (Å²) >= 11 is 0. The highest BCUT2D eigenvalue weighted by Gasteiger charge is 2.61. The fourth-order valence-corrected chi connectivity index (χ4v) is 3.32. The van der Waals surface area contributed by atoms with Crippen LogP contribution in [0.5, 0.6) is 0 Å². The second-order valence-corrected chi connectivity index (χ2v) is 7.88. The first-order valence-electron chi connectivity index (χ1n) is 10.5. The summed E-state index contributed by atoms with van der Waals surface area (Å²) in [6.45, 7) is 3.80. The van der Waals surface area contributed by atoms with E-state index in [2.05, 4.69) is 30.6 Å². The molecule has 0 spiro atoms. The van der Waals surface area contributed by atoms with Gasteiger partial charge >= 0.3 is 0 Å². The van der Waals surface area contributed by atoms with Gasteiger partial charge in [0.15, 0.2) is 5.78 Å². The molecule has 2 N–H and O–H groups in total. The molecular weight excluding hydrogens is 430 g/mol.